The molecule has 0 spiro atoms. The van der Waals surface area contributed by atoms with E-state index >= 15 is 0 Å². The van der Waals surface area contributed by atoms with E-state index in [4.69, 9.17) is 9.47 Å². The molecule has 5 heterocycles. The summed E-state index contributed by atoms with van der Waals surface area (Å²) in [4.78, 5) is 16.7. The monoisotopic (exact) mass is 571 g/mol. The zero-order valence-electron chi connectivity index (χ0n) is 21.6. The molecule has 2 aromatic rings. The number of piperidine rings is 1. The Labute approximate surface area is 225 Å². The number of ether oxygens (including phenoxy) is 2. The van der Waals surface area contributed by atoms with Crippen LogP contribution < -0.4 is 15.0 Å². The highest BCUT2D eigenvalue weighted by molar-refractivity contribution is 7.89. The number of hydrogen-bond acceptors (Lipinski definition) is 10. The Kier molecular flexibility index (Phi) is 8.12. The lowest BCUT2D eigenvalue weighted by Crippen LogP contribution is -2.45. The molecule has 0 radical (unpaired) electrons. The second kappa shape index (κ2) is 11.4. The molecule has 1 N–H and O–H groups in total. The first-order chi connectivity index (χ1) is 18.6. The largest absolute Gasteiger partial charge is 0.471 e. The molecule has 214 valence electrons. The van der Waals surface area contributed by atoms with E-state index in [9.17, 15) is 21.6 Å². The fourth-order valence-electron chi connectivity index (χ4n) is 4.80. The predicted molar refractivity (Wildman–Crippen MR) is 136 cm³/mol. The smallest absolute Gasteiger partial charge is 0.423 e. The molecule has 1 atom stereocenters. The van der Waals surface area contributed by atoms with Crippen molar-refractivity contribution < 1.29 is 31.1 Å². The number of pyridine rings is 1. The molecule has 0 amide bonds. The maximum Gasteiger partial charge on any atom is 0.423 e. The quantitative estimate of drug-likeness (QED) is 0.530. The van der Waals surface area contributed by atoms with E-state index in [1.165, 1.54) is 10.5 Å². The van der Waals surface area contributed by atoms with Crippen molar-refractivity contribution in [2.24, 2.45) is 0 Å². The van der Waals surface area contributed by atoms with Crippen LogP contribution in [0.25, 0.3) is 0 Å². The molecule has 39 heavy (non-hydrogen) atoms. The highest BCUT2D eigenvalue weighted by Gasteiger charge is 2.38. The first kappa shape index (κ1) is 27.8. The molecular formula is C24H32F3N7O4S. The van der Waals surface area contributed by atoms with Gasteiger partial charge in [-0.2, -0.15) is 22.5 Å². The van der Waals surface area contributed by atoms with Crippen molar-refractivity contribution in [3.8, 4) is 5.88 Å². The Morgan fingerprint density at radius 1 is 1.03 bits per heavy atom. The first-order valence-electron chi connectivity index (χ1n) is 12.9. The fraction of sp³-hybridized carbons (Fsp3) is 0.625. The van der Waals surface area contributed by atoms with Gasteiger partial charge < -0.3 is 24.6 Å². The molecule has 3 aliphatic heterocycles. The van der Waals surface area contributed by atoms with Gasteiger partial charge in [0.05, 0.1) is 13.2 Å². The molecule has 11 nitrogen and oxygen atoms in total. The minimum absolute atomic E-state index is 0.00178. The van der Waals surface area contributed by atoms with Crippen molar-refractivity contribution in [3.05, 3.63) is 30.1 Å². The van der Waals surface area contributed by atoms with E-state index in [0.29, 0.717) is 32.1 Å². The summed E-state index contributed by atoms with van der Waals surface area (Å²) in [6.45, 7) is 4.61. The van der Waals surface area contributed by atoms with Gasteiger partial charge in [0.15, 0.2) is 0 Å². The Hall–Kier alpha value is -2.75. The van der Waals surface area contributed by atoms with Gasteiger partial charge in [-0.15, -0.1) is 0 Å². The predicted octanol–water partition coefficient (Wildman–Crippen LogP) is 2.08. The van der Waals surface area contributed by atoms with Crippen LogP contribution in [0.15, 0.2) is 29.4 Å². The van der Waals surface area contributed by atoms with Crippen LogP contribution in [-0.2, 0) is 20.9 Å². The minimum atomic E-state index is -4.66. The topological polar surface area (TPSA) is 113 Å². The van der Waals surface area contributed by atoms with Crippen LogP contribution >= 0.6 is 0 Å². The van der Waals surface area contributed by atoms with Gasteiger partial charge in [-0.1, -0.05) is 0 Å². The summed E-state index contributed by atoms with van der Waals surface area (Å²) in [6.07, 6.45) is -1.71. The summed E-state index contributed by atoms with van der Waals surface area (Å²) in [7, 11) is -1.66. The number of piperazine rings is 1. The molecule has 15 heteroatoms. The van der Waals surface area contributed by atoms with Crippen molar-refractivity contribution in [2.45, 2.75) is 42.5 Å². The van der Waals surface area contributed by atoms with Crippen molar-refractivity contribution in [1.82, 2.24) is 24.2 Å². The summed E-state index contributed by atoms with van der Waals surface area (Å²) in [5.74, 6) is 0.218. The second-order valence-corrected chi connectivity index (χ2v) is 11.9. The van der Waals surface area contributed by atoms with Crippen LogP contribution in [0, 0.1) is 0 Å². The normalized spacial score (nSPS) is 22.3. The first-order valence-corrected chi connectivity index (χ1v) is 14.4. The molecule has 5 rings (SSSR count). The number of sulfonamides is 1. The van der Waals surface area contributed by atoms with Crippen molar-refractivity contribution in [1.29, 1.82) is 0 Å². The number of alkyl halides is 3. The summed E-state index contributed by atoms with van der Waals surface area (Å²) in [5.41, 5.74) is -1.05. The van der Waals surface area contributed by atoms with Crippen LogP contribution in [0.1, 0.15) is 24.8 Å². The van der Waals surface area contributed by atoms with Crippen LogP contribution in [0.4, 0.5) is 24.9 Å². The summed E-state index contributed by atoms with van der Waals surface area (Å²) < 4.78 is 78.9. The summed E-state index contributed by atoms with van der Waals surface area (Å²) >= 11 is 0. The Morgan fingerprint density at radius 2 is 1.77 bits per heavy atom. The van der Waals surface area contributed by atoms with E-state index in [-0.39, 0.29) is 36.6 Å². The summed E-state index contributed by atoms with van der Waals surface area (Å²) in [5, 5.41) is 3.04. The number of nitrogens with one attached hydrogen (secondary N) is 1. The number of nitrogens with zero attached hydrogens (tertiary/aromatic N) is 6. The van der Waals surface area contributed by atoms with E-state index < -0.39 is 33.7 Å². The van der Waals surface area contributed by atoms with Gasteiger partial charge in [0.2, 0.25) is 21.9 Å². The SMILES string of the molecule is CN1CCN(c2ccc(S(=O)(=O)N3CCC(Nc4ncc(C(F)(F)F)c(O[C@H]5CCOC5)n4)CC3)cn2)CC1. The fourth-order valence-corrected chi connectivity index (χ4v) is 6.22. The van der Waals surface area contributed by atoms with Gasteiger partial charge in [-0.25, -0.2) is 18.4 Å². The second-order valence-electron chi connectivity index (χ2n) is 9.98. The maximum atomic E-state index is 13.5. The van der Waals surface area contributed by atoms with Gasteiger partial charge in [0, 0.05) is 64.1 Å². The van der Waals surface area contributed by atoms with Crippen LogP contribution in [0.5, 0.6) is 5.88 Å². The molecule has 0 unspecified atom stereocenters. The standard InChI is InChI=1S/C24H32F3N7O4S/c1-32-9-11-33(12-10-32)21-3-2-19(14-28-21)39(35,36)34-7-4-17(5-8-34)30-23-29-15-20(24(25,26)27)22(31-23)38-18-6-13-37-16-18/h2-3,14-15,17-18H,4-13,16H2,1H3,(H,29,30,31)/t18-/m0/s1. The lowest BCUT2D eigenvalue weighted by atomic mass is 10.1. The average molecular weight is 572 g/mol. The molecule has 3 aliphatic rings. The highest BCUT2D eigenvalue weighted by Crippen LogP contribution is 2.36. The third-order valence-corrected chi connectivity index (χ3v) is 9.08. The van der Waals surface area contributed by atoms with Gasteiger partial charge >= 0.3 is 6.18 Å². The minimum Gasteiger partial charge on any atom is -0.471 e. The molecule has 0 bridgehead atoms. The highest BCUT2D eigenvalue weighted by atomic mass is 32.2. The number of aromatic nitrogens is 3. The van der Waals surface area contributed by atoms with Crippen molar-refractivity contribution in [2.75, 3.05) is 69.7 Å². The lowest BCUT2D eigenvalue weighted by Gasteiger charge is -2.33. The van der Waals surface area contributed by atoms with E-state index in [1.807, 2.05) is 0 Å². The third-order valence-electron chi connectivity index (χ3n) is 7.20. The van der Waals surface area contributed by atoms with E-state index in [1.54, 1.807) is 12.1 Å². The number of anilines is 2. The molecule has 3 saturated heterocycles. The van der Waals surface area contributed by atoms with Crippen molar-refractivity contribution >= 4 is 21.8 Å². The number of halogens is 3. The van der Waals surface area contributed by atoms with Gasteiger partial charge in [0.25, 0.3) is 0 Å². The van der Waals surface area contributed by atoms with E-state index in [2.05, 4.69) is 37.1 Å². The van der Waals surface area contributed by atoms with Crippen LogP contribution in [-0.4, -0.2) is 104 Å². The van der Waals surface area contributed by atoms with E-state index in [0.717, 1.165) is 32.0 Å². The van der Waals surface area contributed by atoms with Crippen LogP contribution in [0.3, 0.4) is 0 Å². The zero-order chi connectivity index (χ0) is 27.6. The number of likely N-dealkylation sites (N-methyl/N-ethyl adjacent to an activating group) is 1. The zero-order valence-corrected chi connectivity index (χ0v) is 22.4. The van der Waals surface area contributed by atoms with Crippen molar-refractivity contribution in [3.63, 3.8) is 0 Å². The van der Waals surface area contributed by atoms with Gasteiger partial charge in [-0.05, 0) is 32.0 Å². The van der Waals surface area contributed by atoms with Gasteiger partial charge in [-0.3, -0.25) is 0 Å². The Morgan fingerprint density at radius 3 is 2.38 bits per heavy atom. The molecule has 2 aromatic heterocycles. The van der Waals surface area contributed by atoms with Crippen LogP contribution in [0.2, 0.25) is 0 Å². The van der Waals surface area contributed by atoms with Gasteiger partial charge in [0.1, 0.15) is 22.4 Å². The third kappa shape index (κ3) is 6.53. The summed E-state index contributed by atoms with van der Waals surface area (Å²) in [6, 6.07) is 3.12. The average Bonchev–Trinajstić information content (AvgIpc) is 3.42. The molecule has 0 aliphatic carbocycles. The number of hydrogen-bond donors (Lipinski definition) is 1. The molecule has 0 aromatic carbocycles. The number of rotatable bonds is 7. The Balaban J connectivity index is 1.19. The molecular weight excluding hydrogens is 539 g/mol. The molecule has 3 fully saturated rings. The lowest BCUT2D eigenvalue weighted by molar-refractivity contribution is -0.139. The maximum absolute atomic E-state index is 13.5. The molecule has 0 saturated carbocycles. The Bertz CT molecular complexity index is 1230.